The Kier molecular flexibility index (Phi) is 6.54. The number of anilines is 1. The molecule has 1 unspecified atom stereocenters. The SMILES string of the molecule is CNCc1cnccc1NCC(COC)OC. The van der Waals surface area contributed by atoms with Crippen molar-refractivity contribution in [2.45, 2.75) is 12.6 Å². The quantitative estimate of drug-likeness (QED) is 0.705. The molecule has 0 aliphatic heterocycles. The molecule has 0 aliphatic rings. The van der Waals surface area contributed by atoms with E-state index in [-0.39, 0.29) is 6.10 Å². The second kappa shape index (κ2) is 8.00. The van der Waals surface area contributed by atoms with E-state index in [0.717, 1.165) is 17.8 Å². The fourth-order valence-corrected chi connectivity index (χ4v) is 1.55. The third-order valence-electron chi connectivity index (χ3n) is 2.48. The smallest absolute Gasteiger partial charge is 0.0976 e. The van der Waals surface area contributed by atoms with Gasteiger partial charge in [0.15, 0.2) is 0 Å². The highest BCUT2D eigenvalue weighted by atomic mass is 16.5. The lowest BCUT2D eigenvalue weighted by Crippen LogP contribution is -2.27. The van der Waals surface area contributed by atoms with Crippen LogP contribution in [0.2, 0.25) is 0 Å². The van der Waals surface area contributed by atoms with Crippen LogP contribution in [0.25, 0.3) is 0 Å². The van der Waals surface area contributed by atoms with Crippen LogP contribution < -0.4 is 10.6 Å². The van der Waals surface area contributed by atoms with Crippen molar-refractivity contribution >= 4 is 5.69 Å². The lowest BCUT2D eigenvalue weighted by Gasteiger charge is -2.17. The molecular weight excluding hydrogens is 218 g/mol. The molecule has 0 spiro atoms. The molecule has 0 aliphatic carbocycles. The number of ether oxygens (including phenoxy) is 2. The summed E-state index contributed by atoms with van der Waals surface area (Å²) in [4.78, 5) is 4.11. The number of nitrogens with one attached hydrogen (secondary N) is 2. The summed E-state index contributed by atoms with van der Waals surface area (Å²) in [6, 6.07) is 1.96. The van der Waals surface area contributed by atoms with Gasteiger partial charge in [0.25, 0.3) is 0 Å². The van der Waals surface area contributed by atoms with Gasteiger partial charge in [-0.3, -0.25) is 4.98 Å². The number of nitrogens with zero attached hydrogens (tertiary/aromatic N) is 1. The summed E-state index contributed by atoms with van der Waals surface area (Å²) in [5, 5.41) is 6.46. The first-order valence-electron chi connectivity index (χ1n) is 5.65. The summed E-state index contributed by atoms with van der Waals surface area (Å²) in [6.45, 7) is 2.08. The standard InChI is InChI=1S/C12H21N3O2/c1-13-6-10-7-14-5-4-12(10)15-8-11(17-3)9-16-2/h4-5,7,11,13H,6,8-9H2,1-3H3,(H,14,15). The Morgan fingerprint density at radius 1 is 1.41 bits per heavy atom. The predicted octanol–water partition coefficient (Wildman–Crippen LogP) is 0.874. The van der Waals surface area contributed by atoms with E-state index in [2.05, 4.69) is 15.6 Å². The van der Waals surface area contributed by atoms with Gasteiger partial charge in [-0.1, -0.05) is 0 Å². The van der Waals surface area contributed by atoms with Crippen LogP contribution in [-0.4, -0.2) is 45.5 Å². The van der Waals surface area contributed by atoms with Gasteiger partial charge in [0.1, 0.15) is 0 Å². The maximum absolute atomic E-state index is 5.29. The van der Waals surface area contributed by atoms with E-state index in [4.69, 9.17) is 9.47 Å². The number of methoxy groups -OCH3 is 2. The van der Waals surface area contributed by atoms with Gasteiger partial charge in [-0.2, -0.15) is 0 Å². The minimum absolute atomic E-state index is 0.0515. The van der Waals surface area contributed by atoms with Gasteiger partial charge >= 0.3 is 0 Å². The highest BCUT2D eigenvalue weighted by Crippen LogP contribution is 2.13. The Bertz CT molecular complexity index is 320. The lowest BCUT2D eigenvalue weighted by molar-refractivity contribution is 0.0365. The summed E-state index contributed by atoms with van der Waals surface area (Å²) in [5.41, 5.74) is 2.22. The van der Waals surface area contributed by atoms with Crippen LogP contribution in [-0.2, 0) is 16.0 Å². The van der Waals surface area contributed by atoms with Gasteiger partial charge in [-0.25, -0.2) is 0 Å². The van der Waals surface area contributed by atoms with E-state index in [1.54, 1.807) is 20.4 Å². The van der Waals surface area contributed by atoms with Crippen LogP contribution in [0.5, 0.6) is 0 Å². The molecular formula is C12H21N3O2. The Labute approximate surface area is 103 Å². The molecule has 17 heavy (non-hydrogen) atoms. The largest absolute Gasteiger partial charge is 0.382 e. The summed E-state index contributed by atoms with van der Waals surface area (Å²) < 4.78 is 10.4. The van der Waals surface area contributed by atoms with Crippen molar-refractivity contribution in [3.63, 3.8) is 0 Å². The van der Waals surface area contributed by atoms with E-state index in [1.165, 1.54) is 0 Å². The Morgan fingerprint density at radius 3 is 2.88 bits per heavy atom. The van der Waals surface area contributed by atoms with Crippen LogP contribution in [0.1, 0.15) is 5.56 Å². The monoisotopic (exact) mass is 239 g/mol. The van der Waals surface area contributed by atoms with Gasteiger partial charge < -0.3 is 20.1 Å². The Morgan fingerprint density at radius 2 is 2.24 bits per heavy atom. The van der Waals surface area contributed by atoms with Gasteiger partial charge in [-0.05, 0) is 13.1 Å². The number of hydrogen-bond acceptors (Lipinski definition) is 5. The highest BCUT2D eigenvalue weighted by Gasteiger charge is 2.07. The number of hydrogen-bond donors (Lipinski definition) is 2. The zero-order valence-electron chi connectivity index (χ0n) is 10.7. The minimum atomic E-state index is 0.0515. The molecule has 5 nitrogen and oxygen atoms in total. The molecule has 1 aromatic heterocycles. The van der Waals surface area contributed by atoms with Crippen molar-refractivity contribution in [2.24, 2.45) is 0 Å². The number of aromatic nitrogens is 1. The molecule has 0 saturated heterocycles. The first kappa shape index (κ1) is 13.9. The van der Waals surface area contributed by atoms with Gasteiger partial charge in [-0.15, -0.1) is 0 Å². The van der Waals surface area contributed by atoms with Crippen LogP contribution in [0.15, 0.2) is 18.5 Å². The fraction of sp³-hybridized carbons (Fsp3) is 0.583. The average molecular weight is 239 g/mol. The van der Waals surface area contributed by atoms with Gasteiger partial charge in [0, 0.05) is 51.0 Å². The summed E-state index contributed by atoms with van der Waals surface area (Å²) >= 11 is 0. The molecule has 1 rings (SSSR count). The van der Waals surface area contributed by atoms with Gasteiger partial charge in [0.2, 0.25) is 0 Å². The van der Waals surface area contributed by atoms with Gasteiger partial charge in [0.05, 0.1) is 12.7 Å². The molecule has 0 fully saturated rings. The predicted molar refractivity (Wildman–Crippen MR) is 68.2 cm³/mol. The van der Waals surface area contributed by atoms with Crippen molar-refractivity contribution in [3.05, 3.63) is 24.0 Å². The van der Waals surface area contributed by atoms with Crippen LogP contribution in [0, 0.1) is 0 Å². The van der Waals surface area contributed by atoms with E-state index < -0.39 is 0 Å². The molecule has 1 aromatic rings. The van der Waals surface area contributed by atoms with Crippen molar-refractivity contribution < 1.29 is 9.47 Å². The third-order valence-corrected chi connectivity index (χ3v) is 2.48. The molecule has 1 atom stereocenters. The van der Waals surface area contributed by atoms with Crippen molar-refractivity contribution in [3.8, 4) is 0 Å². The molecule has 0 saturated carbocycles. The topological polar surface area (TPSA) is 55.4 Å². The summed E-state index contributed by atoms with van der Waals surface area (Å²) in [6.07, 6.45) is 3.69. The Balaban J connectivity index is 2.55. The summed E-state index contributed by atoms with van der Waals surface area (Å²) in [5.74, 6) is 0. The molecule has 0 amide bonds. The second-order valence-corrected chi connectivity index (χ2v) is 3.76. The van der Waals surface area contributed by atoms with Crippen molar-refractivity contribution in [1.29, 1.82) is 0 Å². The normalized spacial score (nSPS) is 12.4. The van der Waals surface area contributed by atoms with E-state index in [0.29, 0.717) is 13.2 Å². The molecule has 0 radical (unpaired) electrons. The molecule has 2 N–H and O–H groups in total. The maximum Gasteiger partial charge on any atom is 0.0976 e. The highest BCUT2D eigenvalue weighted by molar-refractivity contribution is 5.49. The second-order valence-electron chi connectivity index (χ2n) is 3.76. The first-order valence-corrected chi connectivity index (χ1v) is 5.65. The average Bonchev–Trinajstić information content (AvgIpc) is 2.36. The first-order chi connectivity index (χ1) is 8.31. The number of pyridine rings is 1. The van der Waals surface area contributed by atoms with Crippen LogP contribution >= 0.6 is 0 Å². The molecule has 5 heteroatoms. The molecule has 0 bridgehead atoms. The third kappa shape index (κ3) is 4.68. The Hall–Kier alpha value is -1.17. The van der Waals surface area contributed by atoms with E-state index in [1.807, 2.05) is 19.3 Å². The van der Waals surface area contributed by atoms with E-state index >= 15 is 0 Å². The molecule has 96 valence electrons. The molecule has 1 heterocycles. The fourth-order valence-electron chi connectivity index (χ4n) is 1.55. The van der Waals surface area contributed by atoms with Crippen molar-refractivity contribution in [1.82, 2.24) is 10.3 Å². The van der Waals surface area contributed by atoms with Crippen LogP contribution in [0.4, 0.5) is 5.69 Å². The zero-order valence-corrected chi connectivity index (χ0v) is 10.7. The number of rotatable bonds is 8. The lowest BCUT2D eigenvalue weighted by atomic mass is 10.2. The molecule has 0 aromatic carbocycles. The zero-order chi connectivity index (χ0) is 12.5. The van der Waals surface area contributed by atoms with Crippen molar-refractivity contribution in [2.75, 3.05) is 39.7 Å². The maximum atomic E-state index is 5.29. The van der Waals surface area contributed by atoms with Crippen LogP contribution in [0.3, 0.4) is 0 Å². The van der Waals surface area contributed by atoms with E-state index in [9.17, 15) is 0 Å². The summed E-state index contributed by atoms with van der Waals surface area (Å²) in [7, 11) is 5.27. The minimum Gasteiger partial charge on any atom is -0.382 e.